The van der Waals surface area contributed by atoms with Gasteiger partial charge < -0.3 is 16.2 Å². The van der Waals surface area contributed by atoms with Gasteiger partial charge in [0.1, 0.15) is 6.04 Å². The molecule has 0 radical (unpaired) electrons. The summed E-state index contributed by atoms with van der Waals surface area (Å²) in [6, 6.07) is -0.275. The maximum Gasteiger partial charge on any atom is 0.236 e. The van der Waals surface area contributed by atoms with Crippen molar-refractivity contribution in [3.63, 3.8) is 0 Å². The van der Waals surface area contributed by atoms with E-state index in [1.165, 1.54) is 0 Å². The van der Waals surface area contributed by atoms with E-state index in [0.717, 1.165) is 13.1 Å². The lowest BCUT2D eigenvalue weighted by molar-refractivity contribution is -0.124. The zero-order valence-corrected chi connectivity index (χ0v) is 7.86. The molecule has 0 bridgehead atoms. The first-order valence-corrected chi connectivity index (χ1v) is 4.53. The molecule has 1 aliphatic heterocycles. The summed E-state index contributed by atoms with van der Waals surface area (Å²) < 4.78 is 0. The number of carbonyl (C=O) groups excluding carboxylic acids is 1. The van der Waals surface area contributed by atoms with Crippen LogP contribution in [0.25, 0.3) is 0 Å². The van der Waals surface area contributed by atoms with Crippen LogP contribution in [0.1, 0.15) is 6.92 Å². The van der Waals surface area contributed by atoms with Gasteiger partial charge in [0, 0.05) is 26.2 Å². The van der Waals surface area contributed by atoms with E-state index in [9.17, 15) is 9.90 Å². The van der Waals surface area contributed by atoms with Crippen molar-refractivity contribution in [3.8, 4) is 0 Å². The molecule has 13 heavy (non-hydrogen) atoms. The molecule has 0 aromatic heterocycles. The Morgan fingerprint density at radius 1 is 1.85 bits per heavy atom. The van der Waals surface area contributed by atoms with Gasteiger partial charge in [0.05, 0.1) is 6.10 Å². The minimum atomic E-state index is -0.417. The first kappa shape index (κ1) is 10.4. The Balaban J connectivity index is 2.51. The SMILES string of the molecule is C[C@@H](O)CN1CCNCC1C(N)=O. The van der Waals surface area contributed by atoms with Gasteiger partial charge in [-0.25, -0.2) is 0 Å². The number of nitrogens with zero attached hydrogens (tertiary/aromatic N) is 1. The van der Waals surface area contributed by atoms with E-state index in [0.29, 0.717) is 13.1 Å². The van der Waals surface area contributed by atoms with Gasteiger partial charge in [-0.2, -0.15) is 0 Å². The van der Waals surface area contributed by atoms with Crippen molar-refractivity contribution < 1.29 is 9.90 Å². The third-order valence-electron chi connectivity index (χ3n) is 2.18. The number of rotatable bonds is 3. The molecule has 0 aromatic carbocycles. The molecule has 5 heteroatoms. The summed E-state index contributed by atoms with van der Waals surface area (Å²) in [4.78, 5) is 12.9. The number of β-amino-alcohol motifs (C(OH)–C–C–N with tert-alkyl or cyclic N) is 1. The molecule has 0 aliphatic carbocycles. The first-order valence-electron chi connectivity index (χ1n) is 4.53. The Hall–Kier alpha value is -0.650. The highest BCUT2D eigenvalue weighted by atomic mass is 16.3. The van der Waals surface area contributed by atoms with Crippen LogP contribution in [0, 0.1) is 0 Å². The number of nitrogens with two attached hydrogens (primary N) is 1. The van der Waals surface area contributed by atoms with E-state index in [1.807, 2.05) is 4.90 Å². The van der Waals surface area contributed by atoms with Gasteiger partial charge in [0.15, 0.2) is 0 Å². The fraction of sp³-hybridized carbons (Fsp3) is 0.875. The van der Waals surface area contributed by atoms with E-state index in [2.05, 4.69) is 5.32 Å². The highest BCUT2D eigenvalue weighted by Crippen LogP contribution is 2.03. The molecule has 1 rings (SSSR count). The van der Waals surface area contributed by atoms with E-state index in [-0.39, 0.29) is 11.9 Å². The van der Waals surface area contributed by atoms with Gasteiger partial charge in [-0.1, -0.05) is 0 Å². The lowest BCUT2D eigenvalue weighted by Crippen LogP contribution is -2.58. The molecule has 76 valence electrons. The van der Waals surface area contributed by atoms with E-state index < -0.39 is 6.10 Å². The Bertz CT molecular complexity index is 184. The van der Waals surface area contributed by atoms with Crippen molar-refractivity contribution in [2.75, 3.05) is 26.2 Å². The average Bonchev–Trinajstić information content (AvgIpc) is 2.03. The average molecular weight is 187 g/mol. The van der Waals surface area contributed by atoms with Crippen molar-refractivity contribution >= 4 is 5.91 Å². The Labute approximate surface area is 77.9 Å². The fourth-order valence-electron chi connectivity index (χ4n) is 1.58. The number of primary amides is 1. The summed E-state index contributed by atoms with van der Waals surface area (Å²) in [5, 5.41) is 12.3. The molecule has 0 saturated carbocycles. The molecule has 2 atom stereocenters. The van der Waals surface area contributed by atoms with Crippen LogP contribution in [0.2, 0.25) is 0 Å². The normalized spacial score (nSPS) is 27.1. The molecule has 4 N–H and O–H groups in total. The zero-order chi connectivity index (χ0) is 9.84. The van der Waals surface area contributed by atoms with Gasteiger partial charge in [-0.3, -0.25) is 9.69 Å². The minimum Gasteiger partial charge on any atom is -0.392 e. The second-order valence-electron chi connectivity index (χ2n) is 3.47. The van der Waals surface area contributed by atoms with Crippen LogP contribution in [0.15, 0.2) is 0 Å². The van der Waals surface area contributed by atoms with Gasteiger partial charge in [-0.05, 0) is 6.92 Å². The van der Waals surface area contributed by atoms with Crippen molar-refractivity contribution in [3.05, 3.63) is 0 Å². The van der Waals surface area contributed by atoms with E-state index in [4.69, 9.17) is 5.73 Å². The predicted molar refractivity (Wildman–Crippen MR) is 49.1 cm³/mol. The lowest BCUT2D eigenvalue weighted by Gasteiger charge is -2.34. The summed E-state index contributed by atoms with van der Waals surface area (Å²) in [5.41, 5.74) is 5.23. The standard InChI is InChI=1S/C8H17N3O2/c1-6(12)5-11-3-2-10-4-7(11)8(9)13/h6-7,10,12H,2-5H2,1H3,(H2,9,13)/t6-,7?/m1/s1. The number of aliphatic hydroxyl groups is 1. The Morgan fingerprint density at radius 3 is 3.08 bits per heavy atom. The van der Waals surface area contributed by atoms with Crippen LogP contribution >= 0.6 is 0 Å². The molecule has 1 unspecified atom stereocenters. The molecule has 1 saturated heterocycles. The smallest absolute Gasteiger partial charge is 0.236 e. The summed E-state index contributed by atoms with van der Waals surface area (Å²) >= 11 is 0. The van der Waals surface area contributed by atoms with E-state index >= 15 is 0 Å². The molecular weight excluding hydrogens is 170 g/mol. The molecule has 0 aromatic rings. The number of amides is 1. The second kappa shape index (κ2) is 4.55. The molecule has 1 fully saturated rings. The second-order valence-corrected chi connectivity index (χ2v) is 3.47. The highest BCUT2D eigenvalue weighted by Gasteiger charge is 2.26. The number of carbonyl (C=O) groups is 1. The highest BCUT2D eigenvalue weighted by molar-refractivity contribution is 5.80. The summed E-state index contributed by atoms with van der Waals surface area (Å²) in [7, 11) is 0. The summed E-state index contributed by atoms with van der Waals surface area (Å²) in [6.07, 6.45) is -0.417. The number of piperazine rings is 1. The first-order chi connectivity index (χ1) is 6.11. The molecule has 0 spiro atoms. The Morgan fingerprint density at radius 2 is 2.54 bits per heavy atom. The third-order valence-corrected chi connectivity index (χ3v) is 2.18. The van der Waals surface area contributed by atoms with Crippen molar-refractivity contribution in [1.82, 2.24) is 10.2 Å². The van der Waals surface area contributed by atoms with Crippen molar-refractivity contribution in [2.45, 2.75) is 19.1 Å². The fourth-order valence-corrected chi connectivity index (χ4v) is 1.58. The number of hydrogen-bond acceptors (Lipinski definition) is 4. The van der Waals surface area contributed by atoms with Gasteiger partial charge in [-0.15, -0.1) is 0 Å². The lowest BCUT2D eigenvalue weighted by atomic mass is 10.1. The van der Waals surface area contributed by atoms with Crippen LogP contribution in [0.4, 0.5) is 0 Å². The topological polar surface area (TPSA) is 78.6 Å². The molecular formula is C8H17N3O2. The maximum absolute atomic E-state index is 11.0. The molecule has 5 nitrogen and oxygen atoms in total. The quantitative estimate of drug-likeness (QED) is 0.483. The monoisotopic (exact) mass is 187 g/mol. The van der Waals surface area contributed by atoms with Crippen LogP contribution in [-0.2, 0) is 4.79 Å². The predicted octanol–water partition coefficient (Wildman–Crippen LogP) is -1.87. The number of aliphatic hydroxyl groups excluding tert-OH is 1. The molecule has 1 heterocycles. The summed E-state index contributed by atoms with van der Waals surface area (Å²) in [6.45, 7) is 4.41. The zero-order valence-electron chi connectivity index (χ0n) is 7.86. The molecule has 1 aliphatic rings. The van der Waals surface area contributed by atoms with Crippen LogP contribution < -0.4 is 11.1 Å². The van der Waals surface area contributed by atoms with Crippen molar-refractivity contribution in [2.24, 2.45) is 5.73 Å². The summed E-state index contributed by atoms with van der Waals surface area (Å²) in [5.74, 6) is -0.326. The van der Waals surface area contributed by atoms with Gasteiger partial charge >= 0.3 is 0 Å². The minimum absolute atomic E-state index is 0.275. The van der Waals surface area contributed by atoms with E-state index in [1.54, 1.807) is 6.92 Å². The number of hydrogen-bond donors (Lipinski definition) is 3. The number of nitrogens with one attached hydrogen (secondary N) is 1. The largest absolute Gasteiger partial charge is 0.392 e. The molecule has 1 amide bonds. The van der Waals surface area contributed by atoms with Crippen molar-refractivity contribution in [1.29, 1.82) is 0 Å². The Kier molecular flexibility index (Phi) is 3.65. The van der Waals surface area contributed by atoms with Crippen LogP contribution in [0.5, 0.6) is 0 Å². The van der Waals surface area contributed by atoms with Crippen LogP contribution in [0.3, 0.4) is 0 Å². The van der Waals surface area contributed by atoms with Gasteiger partial charge in [0.25, 0.3) is 0 Å². The maximum atomic E-state index is 11.0. The van der Waals surface area contributed by atoms with Crippen LogP contribution in [-0.4, -0.2) is 54.2 Å². The van der Waals surface area contributed by atoms with Gasteiger partial charge in [0.2, 0.25) is 5.91 Å². The third kappa shape index (κ3) is 2.95.